The van der Waals surface area contributed by atoms with Crippen LogP contribution in [0.4, 0.5) is 0 Å². The number of nitrogens with zero attached hydrogens (tertiary/aromatic N) is 1. The smallest absolute Gasteiger partial charge is 0.234 e. The monoisotopic (exact) mass is 283 g/mol. The van der Waals surface area contributed by atoms with Gasteiger partial charge in [0.25, 0.3) is 0 Å². The van der Waals surface area contributed by atoms with Gasteiger partial charge in [0.05, 0.1) is 6.54 Å². The molecule has 4 nitrogen and oxygen atoms in total. The van der Waals surface area contributed by atoms with E-state index in [1.54, 1.807) is 0 Å². The Balaban J connectivity index is 2.27. The maximum absolute atomic E-state index is 12.0. The number of piperidine rings is 1. The first-order valence-corrected chi connectivity index (χ1v) is 8.25. The molecule has 1 fully saturated rings. The lowest BCUT2D eigenvalue weighted by molar-refractivity contribution is -0.123. The van der Waals surface area contributed by atoms with Crippen molar-refractivity contribution in [2.75, 3.05) is 32.7 Å². The predicted molar refractivity (Wildman–Crippen MR) is 84.8 cm³/mol. The SMILES string of the molecule is CCCNCC1CCCN(CC(=O)NC(C)C(C)C)C1. The largest absolute Gasteiger partial charge is 0.352 e. The minimum absolute atomic E-state index is 0.174. The lowest BCUT2D eigenvalue weighted by Gasteiger charge is -2.32. The summed E-state index contributed by atoms with van der Waals surface area (Å²) in [5.74, 6) is 1.37. The molecule has 1 aliphatic rings. The van der Waals surface area contributed by atoms with Gasteiger partial charge in [-0.3, -0.25) is 9.69 Å². The summed E-state index contributed by atoms with van der Waals surface area (Å²) in [5.41, 5.74) is 0. The normalized spacial score (nSPS) is 21.9. The van der Waals surface area contributed by atoms with Crippen molar-refractivity contribution >= 4 is 5.91 Å². The average molecular weight is 283 g/mol. The van der Waals surface area contributed by atoms with Gasteiger partial charge < -0.3 is 10.6 Å². The van der Waals surface area contributed by atoms with E-state index in [0.29, 0.717) is 18.4 Å². The minimum Gasteiger partial charge on any atom is -0.352 e. The standard InChI is InChI=1S/C16H33N3O/c1-5-8-17-10-15-7-6-9-19(11-15)12-16(20)18-14(4)13(2)3/h13-15,17H,5-12H2,1-4H3,(H,18,20). The van der Waals surface area contributed by atoms with Crippen LogP contribution < -0.4 is 10.6 Å². The van der Waals surface area contributed by atoms with Crippen LogP contribution in [0.2, 0.25) is 0 Å². The van der Waals surface area contributed by atoms with Crippen LogP contribution in [0.5, 0.6) is 0 Å². The molecule has 0 aromatic heterocycles. The number of carbonyl (C=O) groups is 1. The fourth-order valence-electron chi connectivity index (χ4n) is 2.61. The van der Waals surface area contributed by atoms with Gasteiger partial charge in [-0.25, -0.2) is 0 Å². The fourth-order valence-corrected chi connectivity index (χ4v) is 2.61. The molecule has 118 valence electrons. The number of hydrogen-bond acceptors (Lipinski definition) is 3. The molecular formula is C16H33N3O. The highest BCUT2D eigenvalue weighted by Gasteiger charge is 2.22. The summed E-state index contributed by atoms with van der Waals surface area (Å²) in [5, 5.41) is 6.60. The molecule has 1 heterocycles. The van der Waals surface area contributed by atoms with Crippen LogP contribution in [0.25, 0.3) is 0 Å². The highest BCUT2D eigenvalue weighted by molar-refractivity contribution is 5.78. The first-order chi connectivity index (χ1) is 9.52. The van der Waals surface area contributed by atoms with E-state index in [0.717, 1.165) is 26.2 Å². The predicted octanol–water partition coefficient (Wildman–Crippen LogP) is 1.86. The van der Waals surface area contributed by atoms with Gasteiger partial charge in [0, 0.05) is 12.6 Å². The number of hydrogen-bond donors (Lipinski definition) is 2. The molecule has 20 heavy (non-hydrogen) atoms. The van der Waals surface area contributed by atoms with Gasteiger partial charge in [-0.1, -0.05) is 20.8 Å². The van der Waals surface area contributed by atoms with Crippen LogP contribution in [0.15, 0.2) is 0 Å². The fraction of sp³-hybridized carbons (Fsp3) is 0.938. The lowest BCUT2D eigenvalue weighted by Crippen LogP contribution is -2.47. The minimum atomic E-state index is 0.174. The highest BCUT2D eigenvalue weighted by Crippen LogP contribution is 2.15. The molecule has 0 saturated carbocycles. The van der Waals surface area contributed by atoms with Crippen molar-refractivity contribution in [3.05, 3.63) is 0 Å². The van der Waals surface area contributed by atoms with Crippen molar-refractivity contribution in [2.24, 2.45) is 11.8 Å². The Bertz CT molecular complexity index is 281. The Morgan fingerprint density at radius 3 is 2.75 bits per heavy atom. The zero-order valence-corrected chi connectivity index (χ0v) is 13.7. The molecule has 0 aliphatic carbocycles. The molecule has 1 aliphatic heterocycles. The Morgan fingerprint density at radius 1 is 1.35 bits per heavy atom. The lowest BCUT2D eigenvalue weighted by atomic mass is 9.98. The van der Waals surface area contributed by atoms with Gasteiger partial charge in [-0.15, -0.1) is 0 Å². The van der Waals surface area contributed by atoms with Crippen molar-refractivity contribution in [2.45, 2.75) is 53.0 Å². The zero-order chi connectivity index (χ0) is 15.0. The summed E-state index contributed by atoms with van der Waals surface area (Å²) in [7, 11) is 0. The summed E-state index contributed by atoms with van der Waals surface area (Å²) in [6.45, 7) is 13.4. The van der Waals surface area contributed by atoms with Gasteiger partial charge in [-0.05, 0) is 57.7 Å². The molecule has 2 atom stereocenters. The topological polar surface area (TPSA) is 44.4 Å². The second-order valence-electron chi connectivity index (χ2n) is 6.55. The molecule has 0 aromatic carbocycles. The van der Waals surface area contributed by atoms with E-state index in [9.17, 15) is 4.79 Å². The quantitative estimate of drug-likeness (QED) is 0.668. The molecule has 0 bridgehead atoms. The van der Waals surface area contributed by atoms with Crippen LogP contribution in [0.1, 0.15) is 47.0 Å². The van der Waals surface area contributed by atoms with Crippen molar-refractivity contribution in [3.63, 3.8) is 0 Å². The Morgan fingerprint density at radius 2 is 2.10 bits per heavy atom. The zero-order valence-electron chi connectivity index (χ0n) is 13.7. The molecule has 4 heteroatoms. The molecule has 0 aromatic rings. The summed E-state index contributed by atoms with van der Waals surface area (Å²) >= 11 is 0. The number of amides is 1. The summed E-state index contributed by atoms with van der Waals surface area (Å²) in [4.78, 5) is 14.3. The van der Waals surface area contributed by atoms with Gasteiger partial charge in [0.2, 0.25) is 5.91 Å². The third kappa shape index (κ3) is 6.71. The Kier molecular flexibility index (Phi) is 8.15. The first-order valence-electron chi connectivity index (χ1n) is 8.25. The summed E-state index contributed by atoms with van der Waals surface area (Å²) < 4.78 is 0. The molecule has 1 amide bonds. The number of likely N-dealkylation sites (tertiary alicyclic amines) is 1. The third-order valence-electron chi connectivity index (χ3n) is 4.22. The van der Waals surface area contributed by atoms with Crippen LogP contribution in [0, 0.1) is 11.8 Å². The van der Waals surface area contributed by atoms with E-state index < -0.39 is 0 Å². The number of carbonyl (C=O) groups excluding carboxylic acids is 1. The molecule has 2 N–H and O–H groups in total. The van der Waals surface area contributed by atoms with Crippen molar-refractivity contribution < 1.29 is 4.79 Å². The second kappa shape index (κ2) is 9.35. The molecule has 0 radical (unpaired) electrons. The van der Waals surface area contributed by atoms with Crippen molar-refractivity contribution in [1.29, 1.82) is 0 Å². The maximum Gasteiger partial charge on any atom is 0.234 e. The van der Waals surface area contributed by atoms with Crippen LogP contribution in [-0.2, 0) is 4.79 Å². The highest BCUT2D eigenvalue weighted by atomic mass is 16.2. The van der Waals surface area contributed by atoms with Gasteiger partial charge in [-0.2, -0.15) is 0 Å². The average Bonchev–Trinajstić information content (AvgIpc) is 2.39. The Labute approximate surface area is 124 Å². The van der Waals surface area contributed by atoms with Crippen molar-refractivity contribution in [3.8, 4) is 0 Å². The number of nitrogens with one attached hydrogen (secondary N) is 2. The second-order valence-corrected chi connectivity index (χ2v) is 6.55. The van der Waals surface area contributed by atoms with E-state index in [-0.39, 0.29) is 11.9 Å². The first kappa shape index (κ1) is 17.4. The summed E-state index contributed by atoms with van der Waals surface area (Å²) in [6.07, 6.45) is 3.69. The van der Waals surface area contributed by atoms with E-state index in [2.05, 4.69) is 43.2 Å². The molecule has 0 spiro atoms. The van der Waals surface area contributed by atoms with Crippen molar-refractivity contribution in [1.82, 2.24) is 15.5 Å². The van der Waals surface area contributed by atoms with Gasteiger partial charge >= 0.3 is 0 Å². The van der Waals surface area contributed by atoms with Crippen LogP contribution in [-0.4, -0.2) is 49.6 Å². The third-order valence-corrected chi connectivity index (χ3v) is 4.22. The Hall–Kier alpha value is -0.610. The number of rotatable bonds is 8. The van der Waals surface area contributed by atoms with E-state index in [1.165, 1.54) is 19.3 Å². The van der Waals surface area contributed by atoms with E-state index in [4.69, 9.17) is 0 Å². The molecule has 1 saturated heterocycles. The van der Waals surface area contributed by atoms with E-state index >= 15 is 0 Å². The maximum atomic E-state index is 12.0. The molecular weight excluding hydrogens is 250 g/mol. The molecule has 1 rings (SSSR count). The van der Waals surface area contributed by atoms with E-state index in [1.807, 2.05) is 0 Å². The van der Waals surface area contributed by atoms with Crippen LogP contribution in [0.3, 0.4) is 0 Å². The van der Waals surface area contributed by atoms with Crippen LogP contribution >= 0.6 is 0 Å². The molecule has 2 unspecified atom stereocenters. The van der Waals surface area contributed by atoms with Gasteiger partial charge in [0.15, 0.2) is 0 Å². The van der Waals surface area contributed by atoms with Gasteiger partial charge in [0.1, 0.15) is 0 Å². The summed E-state index contributed by atoms with van der Waals surface area (Å²) in [6, 6.07) is 0.259.